The maximum atomic E-state index is 13.6. The minimum Gasteiger partial charge on any atom is -0.330 e. The molecule has 5 amide bonds. The van der Waals surface area contributed by atoms with Crippen molar-refractivity contribution >= 4 is 23.8 Å². The molecular weight excluding hydrogens is 338 g/mol. The first-order valence-corrected chi connectivity index (χ1v) is 6.29. The van der Waals surface area contributed by atoms with Crippen molar-refractivity contribution in [2.75, 3.05) is 7.05 Å². The van der Waals surface area contributed by atoms with Gasteiger partial charge in [-0.2, -0.15) is 0 Å². The third-order valence-electron chi connectivity index (χ3n) is 3.42. The fraction of sp³-hybridized carbons (Fsp3) is 0.231. The van der Waals surface area contributed by atoms with E-state index < -0.39 is 58.1 Å². The Hall–Kier alpha value is -2.98. The minimum atomic E-state index is -2.34. The van der Waals surface area contributed by atoms with Gasteiger partial charge in [-0.3, -0.25) is 24.6 Å². The smallest absolute Gasteiger partial charge is 0.330 e. The van der Waals surface area contributed by atoms with Gasteiger partial charge in [-0.15, -0.1) is 0 Å². The first kappa shape index (κ1) is 17.4. The Morgan fingerprint density at radius 2 is 1.71 bits per heavy atom. The average molecular weight is 347 g/mol. The number of carbonyl (C=O) groups excluding carboxylic acids is 4. The second kappa shape index (κ2) is 5.58. The number of likely N-dealkylation sites (N-methyl/N-ethyl adjacent to an activating group) is 1. The van der Waals surface area contributed by atoms with Gasteiger partial charge in [0.15, 0.2) is 28.8 Å². The molecule has 0 radical (unpaired) electrons. The minimum absolute atomic E-state index is 0.0759. The SMILES string of the molecule is CN1C(=O)NC(=O)C(C)(NC(=O)c2cc(F)c(F)c(F)c2F)C1=O. The van der Waals surface area contributed by atoms with Gasteiger partial charge in [0.25, 0.3) is 17.7 Å². The molecule has 1 saturated heterocycles. The molecule has 24 heavy (non-hydrogen) atoms. The second-order valence-corrected chi connectivity index (χ2v) is 5.05. The summed E-state index contributed by atoms with van der Waals surface area (Å²) in [6.07, 6.45) is 0. The molecule has 1 aromatic rings. The summed E-state index contributed by atoms with van der Waals surface area (Å²) in [6, 6.07) is -0.978. The number of hydrogen-bond acceptors (Lipinski definition) is 4. The van der Waals surface area contributed by atoms with Crippen molar-refractivity contribution in [1.29, 1.82) is 0 Å². The molecule has 1 unspecified atom stereocenters. The topological polar surface area (TPSA) is 95.6 Å². The number of imide groups is 2. The monoisotopic (exact) mass is 347 g/mol. The average Bonchev–Trinajstić information content (AvgIpc) is 2.52. The van der Waals surface area contributed by atoms with Gasteiger partial charge in [0.2, 0.25) is 0 Å². The van der Waals surface area contributed by atoms with Crippen molar-refractivity contribution in [2.45, 2.75) is 12.5 Å². The Morgan fingerprint density at radius 3 is 2.29 bits per heavy atom. The number of carbonyl (C=O) groups is 4. The maximum absolute atomic E-state index is 13.6. The summed E-state index contributed by atoms with van der Waals surface area (Å²) < 4.78 is 52.9. The number of nitrogens with zero attached hydrogens (tertiary/aromatic N) is 1. The summed E-state index contributed by atoms with van der Waals surface area (Å²) in [7, 11) is 1.01. The lowest BCUT2D eigenvalue weighted by Gasteiger charge is -2.35. The Labute approximate surface area is 131 Å². The summed E-state index contributed by atoms with van der Waals surface area (Å²) in [5.74, 6) is -12.1. The molecule has 7 nitrogen and oxygen atoms in total. The predicted octanol–water partition coefficient (Wildman–Crippen LogP) is 0.440. The highest BCUT2D eigenvalue weighted by Gasteiger charge is 2.50. The molecule has 128 valence electrons. The van der Waals surface area contributed by atoms with Crippen molar-refractivity contribution in [2.24, 2.45) is 0 Å². The second-order valence-electron chi connectivity index (χ2n) is 5.05. The van der Waals surface area contributed by atoms with Gasteiger partial charge < -0.3 is 5.32 Å². The summed E-state index contributed by atoms with van der Waals surface area (Å²) in [4.78, 5) is 47.6. The van der Waals surface area contributed by atoms with Gasteiger partial charge in [0, 0.05) is 7.05 Å². The van der Waals surface area contributed by atoms with Gasteiger partial charge in [-0.1, -0.05) is 0 Å². The summed E-state index contributed by atoms with van der Waals surface area (Å²) in [5.41, 5.74) is -3.60. The van der Waals surface area contributed by atoms with Gasteiger partial charge in [-0.25, -0.2) is 22.4 Å². The summed E-state index contributed by atoms with van der Waals surface area (Å²) >= 11 is 0. The summed E-state index contributed by atoms with van der Waals surface area (Å²) in [5, 5.41) is 3.55. The molecule has 0 saturated carbocycles. The maximum Gasteiger partial charge on any atom is 0.330 e. The van der Waals surface area contributed by atoms with E-state index >= 15 is 0 Å². The number of urea groups is 1. The molecule has 0 spiro atoms. The van der Waals surface area contributed by atoms with E-state index in [0.29, 0.717) is 4.90 Å². The van der Waals surface area contributed by atoms with Crippen LogP contribution in [0.5, 0.6) is 0 Å². The van der Waals surface area contributed by atoms with Crippen LogP contribution in [0.15, 0.2) is 6.07 Å². The van der Waals surface area contributed by atoms with E-state index in [-0.39, 0.29) is 6.07 Å². The molecule has 11 heteroatoms. The molecule has 2 rings (SSSR count). The highest BCUT2D eigenvalue weighted by molar-refractivity contribution is 6.23. The fourth-order valence-electron chi connectivity index (χ4n) is 1.97. The molecule has 1 atom stereocenters. The van der Waals surface area contributed by atoms with Gasteiger partial charge in [0.05, 0.1) is 5.56 Å². The zero-order valence-corrected chi connectivity index (χ0v) is 12.2. The van der Waals surface area contributed by atoms with Crippen LogP contribution in [0.25, 0.3) is 0 Å². The molecule has 1 heterocycles. The highest BCUT2D eigenvalue weighted by Crippen LogP contribution is 2.20. The molecule has 1 aromatic carbocycles. The van der Waals surface area contributed by atoms with Crippen LogP contribution in [0, 0.1) is 23.3 Å². The van der Waals surface area contributed by atoms with E-state index in [4.69, 9.17) is 0 Å². The zero-order valence-electron chi connectivity index (χ0n) is 12.2. The molecule has 0 aromatic heterocycles. The largest absolute Gasteiger partial charge is 0.330 e. The van der Waals surface area contributed by atoms with E-state index in [1.54, 1.807) is 10.6 Å². The molecule has 1 fully saturated rings. The van der Waals surface area contributed by atoms with Crippen molar-refractivity contribution in [3.05, 3.63) is 34.9 Å². The molecule has 0 aliphatic carbocycles. The first-order valence-electron chi connectivity index (χ1n) is 6.29. The number of hydrogen-bond donors (Lipinski definition) is 2. The first-order chi connectivity index (χ1) is 11.0. The predicted molar refractivity (Wildman–Crippen MR) is 68.5 cm³/mol. The van der Waals surface area contributed by atoms with Crippen LogP contribution < -0.4 is 10.6 Å². The molecule has 1 aliphatic rings. The van der Waals surface area contributed by atoms with E-state index in [9.17, 15) is 36.7 Å². The number of nitrogens with one attached hydrogen (secondary N) is 2. The Morgan fingerprint density at radius 1 is 1.12 bits per heavy atom. The third kappa shape index (κ3) is 2.47. The van der Waals surface area contributed by atoms with E-state index in [1.807, 2.05) is 0 Å². The number of halogens is 4. The molecular formula is C13H9F4N3O4. The van der Waals surface area contributed by atoms with Gasteiger partial charge in [-0.05, 0) is 13.0 Å². The van der Waals surface area contributed by atoms with E-state index in [2.05, 4.69) is 0 Å². The number of barbiturate groups is 1. The quantitative estimate of drug-likeness (QED) is 0.351. The number of amides is 5. The zero-order chi connectivity index (χ0) is 18.4. The fourth-order valence-corrected chi connectivity index (χ4v) is 1.97. The highest BCUT2D eigenvalue weighted by atomic mass is 19.2. The van der Waals surface area contributed by atoms with Gasteiger partial charge >= 0.3 is 6.03 Å². The number of rotatable bonds is 2. The molecule has 2 N–H and O–H groups in total. The lowest BCUT2D eigenvalue weighted by Crippen LogP contribution is -2.71. The van der Waals surface area contributed by atoms with Crippen LogP contribution in [0.2, 0.25) is 0 Å². The number of benzene rings is 1. The van der Waals surface area contributed by atoms with E-state index in [1.165, 1.54) is 0 Å². The van der Waals surface area contributed by atoms with Crippen molar-refractivity contribution in [3.63, 3.8) is 0 Å². The summed E-state index contributed by atoms with van der Waals surface area (Å²) in [6.45, 7) is 0.902. The lowest BCUT2D eigenvalue weighted by molar-refractivity contribution is -0.144. The van der Waals surface area contributed by atoms with Crippen molar-refractivity contribution < 1.29 is 36.7 Å². The Balaban J connectivity index is 2.41. The van der Waals surface area contributed by atoms with Crippen molar-refractivity contribution in [1.82, 2.24) is 15.5 Å². The van der Waals surface area contributed by atoms with Crippen LogP contribution in [-0.2, 0) is 9.59 Å². The standard InChI is InChI=1S/C13H9F4N3O4/c1-13(10(22)18-12(24)20(2)11(13)23)19-9(21)4-3-5(14)7(16)8(17)6(4)15/h3H,1-2H3,(H,19,21)(H,18,22,24). The third-order valence-corrected chi connectivity index (χ3v) is 3.42. The Kier molecular flexibility index (Phi) is 4.04. The molecule has 1 aliphatic heterocycles. The van der Waals surface area contributed by atoms with Crippen molar-refractivity contribution in [3.8, 4) is 0 Å². The normalized spacial score (nSPS) is 20.9. The van der Waals surface area contributed by atoms with Gasteiger partial charge in [0.1, 0.15) is 0 Å². The van der Waals surface area contributed by atoms with Crippen LogP contribution >= 0.6 is 0 Å². The van der Waals surface area contributed by atoms with Crippen LogP contribution in [0.4, 0.5) is 22.4 Å². The van der Waals surface area contributed by atoms with Crippen LogP contribution in [-0.4, -0.2) is 41.2 Å². The van der Waals surface area contributed by atoms with Crippen LogP contribution in [0.3, 0.4) is 0 Å². The molecule has 0 bridgehead atoms. The Bertz CT molecular complexity index is 798. The van der Waals surface area contributed by atoms with Crippen LogP contribution in [0.1, 0.15) is 17.3 Å². The lowest BCUT2D eigenvalue weighted by atomic mass is 9.96. The van der Waals surface area contributed by atoms with E-state index in [0.717, 1.165) is 14.0 Å².